The lowest BCUT2D eigenvalue weighted by Crippen LogP contribution is -1.93. The standard InChI is InChI=1S/C6H8NO3P.2ClH/c8-11(9,10)7-6-4-2-1-3-5-6;;/h1-5H,(H3,7,8,9,10);2*1H. The van der Waals surface area contributed by atoms with Crippen LogP contribution in [-0.4, -0.2) is 9.79 Å². The van der Waals surface area contributed by atoms with E-state index >= 15 is 0 Å². The van der Waals surface area contributed by atoms with Crippen LogP contribution in [0.2, 0.25) is 0 Å². The third kappa shape index (κ3) is 6.87. The Morgan fingerprint density at radius 1 is 1.08 bits per heavy atom. The maximum absolute atomic E-state index is 10.4. The SMILES string of the molecule is Cl.Cl.O=P(O)(O)Nc1ccccc1. The van der Waals surface area contributed by atoms with Crippen molar-refractivity contribution in [2.75, 3.05) is 5.09 Å². The molecule has 0 aromatic heterocycles. The van der Waals surface area contributed by atoms with E-state index in [0.717, 1.165) is 0 Å². The normalized spacial score (nSPS) is 9.38. The summed E-state index contributed by atoms with van der Waals surface area (Å²) in [5, 5.41) is 2.05. The maximum atomic E-state index is 10.4. The fourth-order valence-electron chi connectivity index (χ4n) is 0.681. The highest BCUT2D eigenvalue weighted by atomic mass is 35.5. The first-order valence-electron chi connectivity index (χ1n) is 2.97. The fraction of sp³-hybridized carbons (Fsp3) is 0. The minimum Gasteiger partial charge on any atom is -0.308 e. The first-order valence-corrected chi connectivity index (χ1v) is 4.58. The summed E-state index contributed by atoms with van der Waals surface area (Å²) in [4.78, 5) is 16.9. The summed E-state index contributed by atoms with van der Waals surface area (Å²) in [5.74, 6) is 0. The summed E-state index contributed by atoms with van der Waals surface area (Å²) >= 11 is 0. The van der Waals surface area contributed by atoms with Crippen LogP contribution in [0, 0.1) is 0 Å². The van der Waals surface area contributed by atoms with Crippen molar-refractivity contribution in [1.29, 1.82) is 0 Å². The first kappa shape index (κ1) is 15.2. The van der Waals surface area contributed by atoms with Gasteiger partial charge in [0, 0.05) is 5.69 Å². The first-order chi connectivity index (χ1) is 5.08. The fourth-order valence-corrected chi connectivity index (χ4v) is 1.17. The van der Waals surface area contributed by atoms with Gasteiger partial charge in [-0.15, -0.1) is 24.8 Å². The largest absolute Gasteiger partial charge is 0.427 e. The van der Waals surface area contributed by atoms with Crippen molar-refractivity contribution >= 4 is 38.2 Å². The second kappa shape index (κ2) is 6.24. The van der Waals surface area contributed by atoms with Gasteiger partial charge in [-0.05, 0) is 12.1 Å². The van der Waals surface area contributed by atoms with E-state index in [0.29, 0.717) is 5.69 Å². The van der Waals surface area contributed by atoms with Crippen molar-refractivity contribution in [2.24, 2.45) is 0 Å². The van der Waals surface area contributed by atoms with E-state index in [2.05, 4.69) is 0 Å². The van der Waals surface area contributed by atoms with E-state index in [-0.39, 0.29) is 24.8 Å². The van der Waals surface area contributed by atoms with E-state index in [1.807, 2.05) is 5.09 Å². The van der Waals surface area contributed by atoms with Crippen LogP contribution in [0.1, 0.15) is 0 Å². The van der Waals surface area contributed by atoms with Gasteiger partial charge in [-0.1, -0.05) is 18.2 Å². The van der Waals surface area contributed by atoms with E-state index in [1.165, 1.54) is 0 Å². The minimum atomic E-state index is -4.14. The molecule has 1 aromatic carbocycles. The highest BCUT2D eigenvalue weighted by Crippen LogP contribution is 2.34. The Kier molecular flexibility index (Phi) is 7.31. The molecule has 1 rings (SSSR count). The lowest BCUT2D eigenvalue weighted by atomic mass is 10.3. The lowest BCUT2D eigenvalue weighted by Gasteiger charge is -2.05. The Morgan fingerprint density at radius 2 is 1.54 bits per heavy atom. The molecule has 0 spiro atoms. The quantitative estimate of drug-likeness (QED) is 0.698. The van der Waals surface area contributed by atoms with Gasteiger partial charge in [0.15, 0.2) is 0 Å². The third-order valence-corrected chi connectivity index (χ3v) is 1.60. The van der Waals surface area contributed by atoms with Gasteiger partial charge in [0.05, 0.1) is 0 Å². The molecule has 76 valence electrons. The van der Waals surface area contributed by atoms with E-state index in [9.17, 15) is 4.57 Å². The number of halogens is 2. The Hall–Kier alpha value is -0.250. The zero-order valence-corrected chi connectivity index (χ0v) is 8.98. The van der Waals surface area contributed by atoms with Crippen molar-refractivity contribution in [3.63, 3.8) is 0 Å². The summed E-state index contributed by atoms with van der Waals surface area (Å²) in [6.07, 6.45) is 0. The maximum Gasteiger partial charge on any atom is 0.427 e. The molecule has 7 heteroatoms. The number of nitrogens with one attached hydrogen (secondary N) is 1. The molecule has 0 heterocycles. The zero-order valence-electron chi connectivity index (χ0n) is 6.45. The van der Waals surface area contributed by atoms with Crippen molar-refractivity contribution in [3.05, 3.63) is 30.3 Å². The molecule has 0 unspecified atom stereocenters. The van der Waals surface area contributed by atoms with Crippen molar-refractivity contribution in [1.82, 2.24) is 0 Å². The van der Waals surface area contributed by atoms with Crippen LogP contribution in [-0.2, 0) is 4.57 Å². The average molecular weight is 246 g/mol. The van der Waals surface area contributed by atoms with E-state index < -0.39 is 7.75 Å². The van der Waals surface area contributed by atoms with Crippen LogP contribution < -0.4 is 5.09 Å². The second-order valence-corrected chi connectivity index (χ2v) is 3.33. The molecule has 1 aromatic rings. The summed E-state index contributed by atoms with van der Waals surface area (Å²) in [7, 11) is -4.14. The van der Waals surface area contributed by atoms with Crippen LogP contribution in [0.5, 0.6) is 0 Å². The summed E-state index contributed by atoms with van der Waals surface area (Å²) < 4.78 is 10.4. The van der Waals surface area contributed by atoms with Crippen molar-refractivity contribution in [3.8, 4) is 0 Å². The minimum absolute atomic E-state index is 0. The monoisotopic (exact) mass is 245 g/mol. The lowest BCUT2D eigenvalue weighted by molar-refractivity contribution is 0.380. The summed E-state index contributed by atoms with van der Waals surface area (Å²) in [6, 6.07) is 8.32. The van der Waals surface area contributed by atoms with Crippen molar-refractivity contribution in [2.45, 2.75) is 0 Å². The molecule has 0 aliphatic rings. The number of benzene rings is 1. The molecule has 0 amide bonds. The molecule has 0 fully saturated rings. The van der Waals surface area contributed by atoms with Gasteiger partial charge in [0.2, 0.25) is 0 Å². The van der Waals surface area contributed by atoms with Gasteiger partial charge in [0.25, 0.3) is 0 Å². The molecule has 4 nitrogen and oxygen atoms in total. The molecule has 0 saturated heterocycles. The van der Waals surface area contributed by atoms with Crippen LogP contribution >= 0.6 is 32.6 Å². The van der Waals surface area contributed by atoms with Crippen LogP contribution in [0.25, 0.3) is 0 Å². The summed E-state index contributed by atoms with van der Waals surface area (Å²) in [6.45, 7) is 0. The van der Waals surface area contributed by atoms with E-state index in [1.54, 1.807) is 30.3 Å². The Balaban J connectivity index is 0. The second-order valence-electron chi connectivity index (χ2n) is 2.02. The zero-order chi connectivity index (χ0) is 8.32. The molecule has 0 bridgehead atoms. The van der Waals surface area contributed by atoms with Gasteiger partial charge in [-0.25, -0.2) is 4.57 Å². The number of rotatable bonds is 2. The van der Waals surface area contributed by atoms with Gasteiger partial charge in [0.1, 0.15) is 0 Å². The predicted octanol–water partition coefficient (Wildman–Crippen LogP) is 2.03. The van der Waals surface area contributed by atoms with Gasteiger partial charge >= 0.3 is 7.75 Å². The highest BCUT2D eigenvalue weighted by molar-refractivity contribution is 7.53. The number of hydrogen-bond acceptors (Lipinski definition) is 1. The molecule has 0 saturated carbocycles. The number of para-hydroxylation sites is 1. The average Bonchev–Trinajstić information content (AvgIpc) is 1.85. The van der Waals surface area contributed by atoms with Crippen LogP contribution in [0.15, 0.2) is 30.3 Å². The molecule has 0 aliphatic heterocycles. The molecule has 0 aliphatic carbocycles. The molecule has 3 N–H and O–H groups in total. The van der Waals surface area contributed by atoms with Crippen LogP contribution in [0.4, 0.5) is 5.69 Å². The smallest absolute Gasteiger partial charge is 0.308 e. The highest BCUT2D eigenvalue weighted by Gasteiger charge is 2.10. The van der Waals surface area contributed by atoms with Gasteiger partial charge in [-0.2, -0.15) is 0 Å². The topological polar surface area (TPSA) is 69.6 Å². The predicted molar refractivity (Wildman–Crippen MR) is 56.6 cm³/mol. The molecular weight excluding hydrogens is 236 g/mol. The van der Waals surface area contributed by atoms with Crippen LogP contribution in [0.3, 0.4) is 0 Å². The number of anilines is 1. The Labute approximate surface area is 88.4 Å². The van der Waals surface area contributed by atoms with Gasteiger partial charge in [-0.3, -0.25) is 5.09 Å². The summed E-state index contributed by atoms with van der Waals surface area (Å²) in [5.41, 5.74) is 0.417. The molecule has 13 heavy (non-hydrogen) atoms. The number of hydrogen-bond donors (Lipinski definition) is 3. The van der Waals surface area contributed by atoms with Crippen molar-refractivity contribution < 1.29 is 14.4 Å². The molecule has 0 radical (unpaired) electrons. The molecule has 0 atom stereocenters. The van der Waals surface area contributed by atoms with E-state index in [4.69, 9.17) is 9.79 Å². The third-order valence-electron chi connectivity index (χ3n) is 1.05. The Bertz CT molecular complexity index is 276. The molecular formula is C6H10Cl2NO3P. The Morgan fingerprint density at radius 3 is 1.92 bits per heavy atom. The van der Waals surface area contributed by atoms with Gasteiger partial charge < -0.3 is 9.79 Å².